The fourth-order valence-corrected chi connectivity index (χ4v) is 3.71. The average Bonchev–Trinajstić information content (AvgIpc) is 3.14. The second-order valence-electron chi connectivity index (χ2n) is 5.91. The molecule has 1 unspecified atom stereocenters. The van der Waals surface area contributed by atoms with Crippen LogP contribution in [0, 0.1) is 5.82 Å². The normalized spacial score (nSPS) is 17.3. The van der Waals surface area contributed by atoms with Crippen molar-refractivity contribution in [3.05, 3.63) is 69.3 Å². The number of carbonyl (C=O) groups is 2. The van der Waals surface area contributed by atoms with E-state index in [9.17, 15) is 14.0 Å². The predicted molar refractivity (Wildman–Crippen MR) is 97.1 cm³/mol. The van der Waals surface area contributed by atoms with Crippen molar-refractivity contribution < 1.29 is 18.7 Å². The quantitative estimate of drug-likeness (QED) is 0.813. The molecular weight excluding hydrogens is 355 g/mol. The molecule has 7 heteroatoms. The van der Waals surface area contributed by atoms with Crippen LogP contribution in [-0.2, 0) is 16.0 Å². The maximum absolute atomic E-state index is 13.2. The van der Waals surface area contributed by atoms with Gasteiger partial charge in [0.2, 0.25) is 0 Å². The molecule has 0 bridgehead atoms. The molecule has 5 nitrogen and oxygen atoms in total. The Morgan fingerprint density at radius 2 is 2.04 bits per heavy atom. The van der Waals surface area contributed by atoms with E-state index in [0.29, 0.717) is 29.8 Å². The smallest absolute Gasteiger partial charge is 0.337 e. The topological polar surface area (TPSA) is 58.6 Å². The van der Waals surface area contributed by atoms with Crippen molar-refractivity contribution in [1.82, 2.24) is 10.2 Å². The number of hydrogen-bond acceptors (Lipinski definition) is 4. The molecule has 0 fully saturated rings. The molecule has 1 aromatic heterocycles. The Kier molecular flexibility index (Phi) is 5.37. The van der Waals surface area contributed by atoms with E-state index >= 15 is 0 Å². The molecule has 1 atom stereocenters. The first-order valence-corrected chi connectivity index (χ1v) is 9.04. The van der Waals surface area contributed by atoms with Gasteiger partial charge in [0.05, 0.1) is 18.7 Å². The van der Waals surface area contributed by atoms with Crippen molar-refractivity contribution in [2.45, 2.75) is 19.4 Å². The van der Waals surface area contributed by atoms with Gasteiger partial charge in [0.15, 0.2) is 0 Å². The molecule has 2 aromatic rings. The Labute approximate surface area is 155 Å². The highest BCUT2D eigenvalue weighted by Crippen LogP contribution is 2.31. The average molecular weight is 374 g/mol. The SMILES string of the molecule is COC(=O)C1=C(C)N(CCc2cccs2)C(=O)NC1c1ccc(F)cc1. The third kappa shape index (κ3) is 3.62. The molecule has 0 saturated carbocycles. The second kappa shape index (κ2) is 7.70. The minimum Gasteiger partial charge on any atom is -0.466 e. The number of nitrogens with zero attached hydrogens (tertiary/aromatic N) is 1. The number of carbonyl (C=O) groups excluding carboxylic acids is 2. The number of hydrogen-bond donors (Lipinski definition) is 1. The molecule has 1 aliphatic rings. The molecule has 136 valence electrons. The molecular formula is C19H19FN2O3S. The van der Waals surface area contributed by atoms with Gasteiger partial charge in [-0.25, -0.2) is 14.0 Å². The summed E-state index contributed by atoms with van der Waals surface area (Å²) < 4.78 is 18.2. The predicted octanol–water partition coefficient (Wildman–Crippen LogP) is 3.64. The zero-order valence-electron chi connectivity index (χ0n) is 14.5. The van der Waals surface area contributed by atoms with E-state index < -0.39 is 12.0 Å². The summed E-state index contributed by atoms with van der Waals surface area (Å²) in [5.41, 5.74) is 1.52. The van der Waals surface area contributed by atoms with Crippen LogP contribution in [0.25, 0.3) is 0 Å². The van der Waals surface area contributed by atoms with Crippen LogP contribution in [0.5, 0.6) is 0 Å². The number of urea groups is 1. The molecule has 0 spiro atoms. The van der Waals surface area contributed by atoms with Gasteiger partial charge in [-0.2, -0.15) is 0 Å². The number of benzene rings is 1. The van der Waals surface area contributed by atoms with E-state index in [1.54, 1.807) is 35.3 Å². The van der Waals surface area contributed by atoms with Gasteiger partial charge in [-0.3, -0.25) is 4.90 Å². The fourth-order valence-electron chi connectivity index (χ4n) is 3.01. The summed E-state index contributed by atoms with van der Waals surface area (Å²) in [6.45, 7) is 2.19. The highest BCUT2D eigenvalue weighted by atomic mass is 32.1. The van der Waals surface area contributed by atoms with Gasteiger partial charge < -0.3 is 10.1 Å². The third-order valence-electron chi connectivity index (χ3n) is 4.37. The number of allylic oxidation sites excluding steroid dienone is 1. The monoisotopic (exact) mass is 374 g/mol. The summed E-state index contributed by atoms with van der Waals surface area (Å²) in [7, 11) is 1.30. The summed E-state index contributed by atoms with van der Waals surface area (Å²) in [6, 6.07) is 8.71. The molecule has 1 N–H and O–H groups in total. The van der Waals surface area contributed by atoms with Crippen molar-refractivity contribution in [1.29, 1.82) is 0 Å². The second-order valence-corrected chi connectivity index (χ2v) is 6.94. The Balaban J connectivity index is 1.93. The zero-order valence-corrected chi connectivity index (χ0v) is 15.3. The molecule has 0 aliphatic carbocycles. The van der Waals surface area contributed by atoms with Crippen molar-refractivity contribution in [3.8, 4) is 0 Å². The van der Waals surface area contributed by atoms with Gasteiger partial charge in [0.1, 0.15) is 5.82 Å². The van der Waals surface area contributed by atoms with Crippen LogP contribution in [0.15, 0.2) is 53.0 Å². The minimum atomic E-state index is -0.673. The van der Waals surface area contributed by atoms with E-state index in [1.807, 2.05) is 17.5 Å². The maximum atomic E-state index is 13.2. The third-order valence-corrected chi connectivity index (χ3v) is 5.30. The summed E-state index contributed by atoms with van der Waals surface area (Å²) in [5.74, 6) is -0.897. The Hall–Kier alpha value is -2.67. The number of amides is 2. The first-order valence-electron chi connectivity index (χ1n) is 8.16. The molecule has 1 aliphatic heterocycles. The first-order chi connectivity index (χ1) is 12.5. The number of halogens is 1. The zero-order chi connectivity index (χ0) is 18.7. The van der Waals surface area contributed by atoms with Crippen molar-refractivity contribution in [3.63, 3.8) is 0 Å². The van der Waals surface area contributed by atoms with E-state index in [4.69, 9.17) is 4.74 Å². The van der Waals surface area contributed by atoms with E-state index in [-0.39, 0.29) is 11.8 Å². The number of methoxy groups -OCH3 is 1. The van der Waals surface area contributed by atoms with Crippen molar-refractivity contribution in [2.75, 3.05) is 13.7 Å². The number of esters is 1. The van der Waals surface area contributed by atoms with Gasteiger partial charge >= 0.3 is 12.0 Å². The molecule has 26 heavy (non-hydrogen) atoms. The molecule has 1 aromatic carbocycles. The van der Waals surface area contributed by atoms with Gasteiger partial charge in [-0.15, -0.1) is 11.3 Å². The van der Waals surface area contributed by atoms with Gasteiger partial charge in [0, 0.05) is 17.1 Å². The van der Waals surface area contributed by atoms with Crippen LogP contribution in [0.2, 0.25) is 0 Å². The van der Waals surface area contributed by atoms with E-state index in [1.165, 1.54) is 19.2 Å². The standard InChI is InChI=1S/C19H19FN2O3S/c1-12-16(18(23)25-2)17(13-5-7-14(20)8-6-13)21-19(24)22(12)10-9-15-4-3-11-26-15/h3-8,11,17H,9-10H2,1-2H3,(H,21,24). The van der Waals surface area contributed by atoms with Crippen LogP contribution in [-0.4, -0.2) is 30.6 Å². The maximum Gasteiger partial charge on any atom is 0.337 e. The number of nitrogens with one attached hydrogen (secondary N) is 1. The fraction of sp³-hybridized carbons (Fsp3) is 0.263. The Morgan fingerprint density at radius 1 is 1.31 bits per heavy atom. The molecule has 0 saturated heterocycles. The highest BCUT2D eigenvalue weighted by molar-refractivity contribution is 7.09. The van der Waals surface area contributed by atoms with Crippen LogP contribution < -0.4 is 5.32 Å². The minimum absolute atomic E-state index is 0.291. The van der Waals surface area contributed by atoms with Gasteiger partial charge in [-0.05, 0) is 42.5 Å². The Morgan fingerprint density at radius 3 is 2.65 bits per heavy atom. The van der Waals surface area contributed by atoms with Crippen LogP contribution in [0.1, 0.15) is 23.4 Å². The summed E-state index contributed by atoms with van der Waals surface area (Å²) in [6.07, 6.45) is 0.693. The number of rotatable bonds is 5. The molecule has 2 heterocycles. The lowest BCUT2D eigenvalue weighted by Gasteiger charge is -2.35. The van der Waals surface area contributed by atoms with Crippen LogP contribution >= 0.6 is 11.3 Å². The van der Waals surface area contributed by atoms with Crippen molar-refractivity contribution in [2.24, 2.45) is 0 Å². The highest BCUT2D eigenvalue weighted by Gasteiger charge is 2.36. The molecule has 0 radical (unpaired) electrons. The van der Waals surface area contributed by atoms with Crippen LogP contribution in [0.3, 0.4) is 0 Å². The lowest BCUT2D eigenvalue weighted by Crippen LogP contribution is -2.48. The number of thiophene rings is 1. The van der Waals surface area contributed by atoms with Crippen molar-refractivity contribution >= 4 is 23.3 Å². The van der Waals surface area contributed by atoms with E-state index in [0.717, 1.165) is 4.88 Å². The van der Waals surface area contributed by atoms with Gasteiger partial charge in [0.25, 0.3) is 0 Å². The Bertz CT molecular complexity index is 831. The largest absolute Gasteiger partial charge is 0.466 e. The summed E-state index contributed by atoms with van der Waals surface area (Å²) >= 11 is 1.62. The van der Waals surface area contributed by atoms with E-state index in [2.05, 4.69) is 5.32 Å². The lowest BCUT2D eigenvalue weighted by molar-refractivity contribution is -0.136. The lowest BCUT2D eigenvalue weighted by atomic mass is 9.95. The first kappa shape index (κ1) is 18.1. The number of ether oxygens (including phenoxy) is 1. The molecule has 3 rings (SSSR count). The summed E-state index contributed by atoms with van der Waals surface area (Å²) in [5, 5.41) is 4.82. The summed E-state index contributed by atoms with van der Waals surface area (Å²) in [4.78, 5) is 27.7. The molecule has 2 amide bonds. The van der Waals surface area contributed by atoms with Crippen LogP contribution in [0.4, 0.5) is 9.18 Å². The van der Waals surface area contributed by atoms with Gasteiger partial charge in [-0.1, -0.05) is 18.2 Å².